The number of rotatable bonds is 4. The minimum atomic E-state index is -5.08. The van der Waals surface area contributed by atoms with Gasteiger partial charge in [0.1, 0.15) is 11.9 Å². The third-order valence-corrected chi connectivity index (χ3v) is 4.61. The Hall–Kier alpha value is -3.10. The van der Waals surface area contributed by atoms with E-state index in [-0.39, 0.29) is 17.9 Å². The fourth-order valence-corrected chi connectivity index (χ4v) is 3.16. The highest BCUT2D eigenvalue weighted by Crippen LogP contribution is 2.26. The number of benzene rings is 1. The van der Waals surface area contributed by atoms with Crippen molar-refractivity contribution in [3.05, 3.63) is 60.4 Å². The highest BCUT2D eigenvalue weighted by Gasteiger charge is 2.38. The van der Waals surface area contributed by atoms with Gasteiger partial charge in [-0.05, 0) is 24.1 Å². The van der Waals surface area contributed by atoms with Crippen molar-refractivity contribution in [2.24, 2.45) is 5.92 Å². The molecule has 30 heavy (non-hydrogen) atoms. The zero-order chi connectivity index (χ0) is 22.1. The van der Waals surface area contributed by atoms with E-state index in [0.717, 1.165) is 31.7 Å². The van der Waals surface area contributed by atoms with E-state index in [1.54, 1.807) is 19.3 Å². The molecule has 3 rings (SSSR count). The number of halogens is 3. The summed E-state index contributed by atoms with van der Waals surface area (Å²) in [5, 5.41) is 7.12. The number of hydrogen-bond donors (Lipinski definition) is 1. The van der Waals surface area contributed by atoms with Gasteiger partial charge >= 0.3 is 12.1 Å². The molecule has 0 spiro atoms. The lowest BCUT2D eigenvalue weighted by atomic mass is 9.88. The van der Waals surface area contributed by atoms with E-state index < -0.39 is 12.1 Å². The van der Waals surface area contributed by atoms with E-state index in [1.807, 2.05) is 23.1 Å². The first-order chi connectivity index (χ1) is 14.2. The van der Waals surface area contributed by atoms with E-state index in [9.17, 15) is 18.0 Å². The van der Waals surface area contributed by atoms with Gasteiger partial charge in [-0.2, -0.15) is 13.2 Å². The number of carboxylic acid groups (broad SMARTS) is 1. The first-order valence-electron chi connectivity index (χ1n) is 9.33. The highest BCUT2D eigenvalue weighted by atomic mass is 19.4. The molecule has 1 fully saturated rings. The van der Waals surface area contributed by atoms with Crippen molar-refractivity contribution in [2.45, 2.75) is 32.0 Å². The monoisotopic (exact) mass is 424 g/mol. The minimum Gasteiger partial charge on any atom is -0.488 e. The Labute approximate surface area is 172 Å². The van der Waals surface area contributed by atoms with E-state index in [1.165, 1.54) is 5.56 Å². The Morgan fingerprint density at radius 2 is 1.87 bits per heavy atom. The summed E-state index contributed by atoms with van der Waals surface area (Å²) in [6, 6.07) is 14.2. The van der Waals surface area contributed by atoms with Gasteiger partial charge in [-0.1, -0.05) is 30.3 Å². The Bertz CT molecular complexity index is 816. The van der Waals surface area contributed by atoms with Crippen molar-refractivity contribution >= 4 is 11.9 Å². The molecule has 0 aliphatic carbocycles. The van der Waals surface area contributed by atoms with Crippen LogP contribution in [0.5, 0.6) is 5.75 Å². The van der Waals surface area contributed by atoms with E-state index in [0.29, 0.717) is 0 Å². The number of hydrogen-bond acceptors (Lipinski definition) is 4. The molecule has 9 heteroatoms. The van der Waals surface area contributed by atoms with Crippen molar-refractivity contribution in [1.82, 2.24) is 9.88 Å². The summed E-state index contributed by atoms with van der Waals surface area (Å²) in [6.45, 7) is 3.14. The van der Waals surface area contributed by atoms with Gasteiger partial charge in [0.25, 0.3) is 0 Å². The second kappa shape index (κ2) is 10.6. The van der Waals surface area contributed by atoms with Crippen LogP contribution in [0.25, 0.3) is 0 Å². The number of aliphatic carboxylic acids is 1. The summed E-state index contributed by atoms with van der Waals surface area (Å²) in [7, 11) is 0. The second-order valence-corrected chi connectivity index (χ2v) is 6.85. The summed E-state index contributed by atoms with van der Waals surface area (Å²) in [4.78, 5) is 26.7. The van der Waals surface area contributed by atoms with Crippen molar-refractivity contribution in [2.75, 3.05) is 13.1 Å². The molecule has 2 heterocycles. The van der Waals surface area contributed by atoms with Crippen molar-refractivity contribution in [3.63, 3.8) is 0 Å². The zero-order valence-corrected chi connectivity index (χ0v) is 16.4. The number of carbonyl (C=O) groups is 2. The maximum atomic E-state index is 11.7. The smallest absolute Gasteiger partial charge is 0.488 e. The molecule has 1 aromatic heterocycles. The van der Waals surface area contributed by atoms with Crippen LogP contribution in [0.2, 0.25) is 0 Å². The molecule has 1 aliphatic rings. The van der Waals surface area contributed by atoms with Crippen LogP contribution in [0.4, 0.5) is 13.2 Å². The number of aromatic nitrogens is 1. The molecule has 0 radical (unpaired) electrons. The molecule has 1 aromatic carbocycles. The van der Waals surface area contributed by atoms with Crippen molar-refractivity contribution in [1.29, 1.82) is 0 Å². The van der Waals surface area contributed by atoms with Crippen LogP contribution < -0.4 is 4.74 Å². The van der Waals surface area contributed by atoms with Gasteiger partial charge in [0.2, 0.25) is 5.91 Å². The molecule has 2 atom stereocenters. The van der Waals surface area contributed by atoms with Crippen LogP contribution in [0, 0.1) is 5.92 Å². The number of carboxylic acids is 1. The number of ether oxygens (including phenoxy) is 1. The SMILES string of the molecule is CC(=O)N1CC[C@H](Oc2cccnc2)[C@@H](Cc2ccccc2)C1.O=C(O)C(F)(F)F. The van der Waals surface area contributed by atoms with Crippen LogP contribution in [0.15, 0.2) is 54.9 Å². The second-order valence-electron chi connectivity index (χ2n) is 6.85. The van der Waals surface area contributed by atoms with Crippen LogP contribution >= 0.6 is 0 Å². The van der Waals surface area contributed by atoms with Crippen LogP contribution in [-0.2, 0) is 16.0 Å². The Morgan fingerprint density at radius 1 is 1.20 bits per heavy atom. The van der Waals surface area contributed by atoms with Gasteiger partial charge < -0.3 is 14.7 Å². The molecule has 162 valence electrons. The van der Waals surface area contributed by atoms with Gasteiger partial charge in [0.05, 0.1) is 6.20 Å². The first kappa shape index (κ1) is 23.2. The normalized spacial score (nSPS) is 18.7. The number of carbonyl (C=O) groups excluding carboxylic acids is 1. The largest absolute Gasteiger partial charge is 0.490 e. The molecule has 0 unspecified atom stereocenters. The number of amides is 1. The lowest BCUT2D eigenvalue weighted by Gasteiger charge is -2.38. The average molecular weight is 424 g/mol. The zero-order valence-electron chi connectivity index (χ0n) is 16.4. The Balaban J connectivity index is 0.000000396. The predicted octanol–water partition coefficient (Wildman–Crippen LogP) is 3.57. The molecule has 1 amide bonds. The Morgan fingerprint density at radius 3 is 2.40 bits per heavy atom. The van der Waals surface area contributed by atoms with Crippen LogP contribution in [0.1, 0.15) is 18.9 Å². The Kier molecular flexibility index (Phi) is 8.20. The fourth-order valence-electron chi connectivity index (χ4n) is 3.16. The highest BCUT2D eigenvalue weighted by molar-refractivity contribution is 5.73. The van der Waals surface area contributed by atoms with Crippen LogP contribution in [-0.4, -0.2) is 52.2 Å². The topological polar surface area (TPSA) is 79.7 Å². The summed E-state index contributed by atoms with van der Waals surface area (Å²) < 4.78 is 37.9. The number of alkyl halides is 3. The van der Waals surface area contributed by atoms with Crippen molar-refractivity contribution in [3.8, 4) is 5.75 Å². The fraction of sp³-hybridized carbons (Fsp3) is 0.381. The molecule has 0 bridgehead atoms. The summed E-state index contributed by atoms with van der Waals surface area (Å²) in [5.41, 5.74) is 1.28. The van der Waals surface area contributed by atoms with Gasteiger partial charge in [-0.15, -0.1) is 0 Å². The predicted molar refractivity (Wildman–Crippen MR) is 103 cm³/mol. The number of nitrogens with zero attached hydrogens (tertiary/aromatic N) is 2. The third kappa shape index (κ3) is 7.38. The van der Waals surface area contributed by atoms with Gasteiger partial charge in [0.15, 0.2) is 0 Å². The lowest BCUT2D eigenvalue weighted by Crippen LogP contribution is -2.48. The average Bonchev–Trinajstić information content (AvgIpc) is 2.70. The van der Waals surface area contributed by atoms with Crippen LogP contribution in [0.3, 0.4) is 0 Å². The number of likely N-dealkylation sites (tertiary alicyclic amines) is 1. The maximum absolute atomic E-state index is 11.7. The molecule has 1 N–H and O–H groups in total. The standard InChI is InChI=1S/C19H22N2O2.C2HF3O2/c1-15(22)21-11-9-19(23-18-8-5-10-20-13-18)17(14-21)12-16-6-3-2-4-7-16;3-2(4,5)1(6)7/h2-8,10,13,17,19H,9,11-12,14H2,1H3;(H,6,7)/t17-,19-;/m0./s1. The molecule has 1 aliphatic heterocycles. The lowest BCUT2D eigenvalue weighted by molar-refractivity contribution is -0.192. The molecular weight excluding hydrogens is 401 g/mol. The van der Waals surface area contributed by atoms with Gasteiger partial charge in [-0.25, -0.2) is 4.79 Å². The first-order valence-corrected chi connectivity index (χ1v) is 9.33. The van der Waals surface area contributed by atoms with Crippen molar-refractivity contribution < 1.29 is 32.6 Å². The van der Waals surface area contributed by atoms with Gasteiger partial charge in [-0.3, -0.25) is 9.78 Å². The van der Waals surface area contributed by atoms with E-state index in [4.69, 9.17) is 14.6 Å². The van der Waals surface area contributed by atoms with Gasteiger partial charge in [0, 0.05) is 38.5 Å². The molecule has 6 nitrogen and oxygen atoms in total. The molecular formula is C21H23F3N2O4. The van der Waals surface area contributed by atoms with E-state index >= 15 is 0 Å². The number of piperidine rings is 1. The minimum absolute atomic E-state index is 0.106. The molecule has 0 saturated carbocycles. The summed E-state index contributed by atoms with van der Waals surface area (Å²) in [6.07, 6.45) is 0.278. The molecule has 2 aromatic rings. The summed E-state index contributed by atoms with van der Waals surface area (Å²) in [5.74, 6) is -1.53. The van der Waals surface area contributed by atoms with E-state index in [2.05, 4.69) is 29.2 Å². The number of pyridine rings is 1. The third-order valence-electron chi connectivity index (χ3n) is 4.61. The molecule has 1 saturated heterocycles. The quantitative estimate of drug-likeness (QED) is 0.812. The maximum Gasteiger partial charge on any atom is 0.490 e. The summed E-state index contributed by atoms with van der Waals surface area (Å²) >= 11 is 0.